The van der Waals surface area contributed by atoms with Gasteiger partial charge < -0.3 is 29.5 Å². The zero-order valence-electron chi connectivity index (χ0n) is 18.7. The predicted molar refractivity (Wildman–Crippen MR) is 122 cm³/mol. The van der Waals surface area contributed by atoms with E-state index < -0.39 is 35.6 Å². The molecular weight excluding hydrogens is 496 g/mol. The maximum atomic E-state index is 13.6. The summed E-state index contributed by atoms with van der Waals surface area (Å²) in [6.45, 7) is 2.20. The third kappa shape index (κ3) is 4.02. The minimum atomic E-state index is -1.12. The van der Waals surface area contributed by atoms with Crippen LogP contribution in [0.4, 0.5) is 5.69 Å². The zero-order valence-corrected chi connectivity index (χ0v) is 20.2. The second-order valence-electron chi connectivity index (χ2n) is 8.60. The lowest BCUT2D eigenvalue weighted by Crippen LogP contribution is -2.54. The smallest absolute Gasteiger partial charge is 0.312 e. The molecule has 0 saturated carbocycles. The van der Waals surface area contributed by atoms with Crippen LogP contribution in [0.2, 0.25) is 0 Å². The number of ether oxygens (including phenoxy) is 3. The van der Waals surface area contributed by atoms with E-state index in [1.165, 1.54) is 4.90 Å². The van der Waals surface area contributed by atoms with Gasteiger partial charge in [0.1, 0.15) is 17.4 Å². The highest BCUT2D eigenvalue weighted by atomic mass is 79.9. The van der Waals surface area contributed by atoms with Crippen LogP contribution in [0.3, 0.4) is 0 Å². The zero-order chi connectivity index (χ0) is 23.8. The summed E-state index contributed by atoms with van der Waals surface area (Å²) in [5, 5.41) is 12.1. The van der Waals surface area contributed by atoms with Crippen LogP contribution in [0.1, 0.15) is 26.2 Å². The number of esters is 1. The van der Waals surface area contributed by atoms with Gasteiger partial charge in [0.2, 0.25) is 11.8 Å². The molecule has 6 atom stereocenters. The molecule has 2 N–H and O–H groups in total. The van der Waals surface area contributed by atoms with Crippen molar-refractivity contribution in [1.82, 2.24) is 4.90 Å². The maximum Gasteiger partial charge on any atom is 0.312 e. The number of rotatable bonds is 9. The minimum Gasteiger partial charge on any atom is -0.497 e. The number of fused-ring (bicyclic) bond motifs is 1. The van der Waals surface area contributed by atoms with Gasteiger partial charge in [0.25, 0.3) is 0 Å². The summed E-state index contributed by atoms with van der Waals surface area (Å²) in [4.78, 5) is 41.4. The quantitative estimate of drug-likeness (QED) is 0.287. The number of likely N-dealkylation sites (tertiary alicyclic amines) is 1. The van der Waals surface area contributed by atoms with E-state index in [-0.39, 0.29) is 36.4 Å². The highest BCUT2D eigenvalue weighted by Gasteiger charge is 2.76. The second-order valence-corrected chi connectivity index (χ2v) is 9.77. The molecule has 1 spiro atoms. The van der Waals surface area contributed by atoms with Gasteiger partial charge in [-0.3, -0.25) is 14.4 Å². The molecule has 3 aliphatic heterocycles. The van der Waals surface area contributed by atoms with Crippen LogP contribution in [-0.2, 0) is 23.9 Å². The molecule has 180 valence electrons. The molecular formula is C23H29BrN2O7. The monoisotopic (exact) mass is 524 g/mol. The molecule has 1 aromatic carbocycles. The first-order valence-corrected chi connectivity index (χ1v) is 12.1. The van der Waals surface area contributed by atoms with Gasteiger partial charge >= 0.3 is 5.97 Å². The first kappa shape index (κ1) is 24.0. The number of hydrogen-bond acceptors (Lipinski definition) is 7. The normalized spacial score (nSPS) is 32.1. The Morgan fingerprint density at radius 2 is 2.03 bits per heavy atom. The molecule has 0 aromatic heterocycles. The van der Waals surface area contributed by atoms with Gasteiger partial charge in [-0.2, -0.15) is 0 Å². The molecule has 9 nitrogen and oxygen atoms in total. The van der Waals surface area contributed by atoms with Gasteiger partial charge in [-0.25, -0.2) is 0 Å². The fourth-order valence-corrected chi connectivity index (χ4v) is 6.40. The van der Waals surface area contributed by atoms with Crippen LogP contribution in [0.5, 0.6) is 5.75 Å². The molecule has 2 amide bonds. The van der Waals surface area contributed by atoms with Gasteiger partial charge in [-0.1, -0.05) is 15.9 Å². The fraction of sp³-hybridized carbons (Fsp3) is 0.609. The van der Waals surface area contributed by atoms with E-state index in [0.717, 1.165) is 0 Å². The van der Waals surface area contributed by atoms with Gasteiger partial charge in [-0.15, -0.1) is 0 Å². The van der Waals surface area contributed by atoms with Crippen molar-refractivity contribution >= 4 is 39.4 Å². The molecule has 3 fully saturated rings. The summed E-state index contributed by atoms with van der Waals surface area (Å²) in [7, 11) is 1.56. The van der Waals surface area contributed by atoms with E-state index in [9.17, 15) is 19.5 Å². The summed E-state index contributed by atoms with van der Waals surface area (Å²) in [5.74, 6) is -2.01. The number of nitrogens with one attached hydrogen (secondary N) is 1. The number of hydrogen-bond donors (Lipinski definition) is 2. The van der Waals surface area contributed by atoms with Crippen molar-refractivity contribution in [1.29, 1.82) is 0 Å². The number of unbranched alkanes of at least 4 members (excludes halogenated alkanes) is 1. The van der Waals surface area contributed by atoms with E-state index in [1.807, 2.05) is 0 Å². The highest BCUT2D eigenvalue weighted by molar-refractivity contribution is 9.09. The minimum absolute atomic E-state index is 0.00713. The van der Waals surface area contributed by atoms with Gasteiger partial charge in [0, 0.05) is 23.7 Å². The van der Waals surface area contributed by atoms with Crippen molar-refractivity contribution in [2.45, 2.75) is 48.8 Å². The Balaban J connectivity index is 1.67. The number of alkyl halides is 1. The second kappa shape index (κ2) is 9.60. The van der Waals surface area contributed by atoms with E-state index in [1.54, 1.807) is 38.3 Å². The number of nitrogens with zero attached hydrogens (tertiary/aromatic N) is 1. The first-order chi connectivity index (χ1) is 15.9. The topological polar surface area (TPSA) is 114 Å². The standard InChI is InChI=1S/C23H29BrN2O7/c1-3-32-22(30)16-17-21(29)26(10-4-5-11-27)19(23(17)12-15(24)18(16)33-23)20(28)25-13-6-8-14(31-2)9-7-13/h6-9,15-19,27H,3-5,10-12H2,1-2H3,(H,25,28)/t15?,16-,17-,18-,19?,23?/m0/s1. The molecule has 0 aliphatic carbocycles. The lowest BCUT2D eigenvalue weighted by Gasteiger charge is -2.34. The molecule has 3 saturated heterocycles. The SMILES string of the molecule is CCOC(=O)[C@H]1[C@H]2C(=O)N(CCCCO)C(C(=O)Nc3ccc(OC)cc3)C23CC(Br)[C@@H]1O3. The number of amides is 2. The number of carbonyl (C=O) groups is 3. The van der Waals surface area contributed by atoms with Crippen LogP contribution < -0.4 is 10.1 Å². The molecule has 3 aliphatic rings. The molecule has 33 heavy (non-hydrogen) atoms. The van der Waals surface area contributed by atoms with Crippen LogP contribution in [-0.4, -0.2) is 77.2 Å². The van der Waals surface area contributed by atoms with E-state index in [0.29, 0.717) is 30.7 Å². The number of halogens is 1. The third-order valence-electron chi connectivity index (χ3n) is 6.76. The number of carbonyl (C=O) groups excluding carboxylic acids is 3. The van der Waals surface area contributed by atoms with Crippen LogP contribution in [0.25, 0.3) is 0 Å². The highest BCUT2D eigenvalue weighted by Crippen LogP contribution is 2.60. The first-order valence-electron chi connectivity index (χ1n) is 11.2. The van der Waals surface area contributed by atoms with Crippen molar-refractivity contribution in [3.8, 4) is 5.75 Å². The maximum absolute atomic E-state index is 13.6. The third-order valence-corrected chi connectivity index (χ3v) is 7.61. The lowest BCUT2D eigenvalue weighted by molar-refractivity contribution is -0.154. The summed E-state index contributed by atoms with van der Waals surface area (Å²) < 4.78 is 16.8. The van der Waals surface area contributed by atoms with Crippen molar-refractivity contribution in [3.63, 3.8) is 0 Å². The van der Waals surface area contributed by atoms with Crippen molar-refractivity contribution in [3.05, 3.63) is 24.3 Å². The Labute approximate surface area is 200 Å². The molecule has 2 bridgehead atoms. The molecule has 1 aromatic rings. The Hall–Kier alpha value is -2.17. The lowest BCUT2D eigenvalue weighted by atomic mass is 9.70. The van der Waals surface area contributed by atoms with E-state index in [4.69, 9.17) is 14.2 Å². The van der Waals surface area contributed by atoms with Crippen LogP contribution >= 0.6 is 15.9 Å². The summed E-state index contributed by atoms with van der Waals surface area (Å²) in [5.41, 5.74) is -0.559. The number of methoxy groups -OCH3 is 1. The molecule has 3 heterocycles. The molecule has 4 rings (SSSR count). The average Bonchev–Trinajstić information content (AvgIpc) is 3.38. The molecule has 10 heteroatoms. The number of benzene rings is 1. The summed E-state index contributed by atoms with van der Waals surface area (Å²) in [6, 6.07) is 6.01. The van der Waals surface area contributed by atoms with Gasteiger partial charge in [0.15, 0.2) is 0 Å². The number of aliphatic hydroxyl groups excluding tert-OH is 1. The van der Waals surface area contributed by atoms with Gasteiger partial charge in [-0.05, 0) is 50.5 Å². The Kier molecular flexibility index (Phi) is 6.97. The summed E-state index contributed by atoms with van der Waals surface area (Å²) in [6.07, 6.45) is 0.929. The molecule has 3 unspecified atom stereocenters. The summed E-state index contributed by atoms with van der Waals surface area (Å²) >= 11 is 3.61. The Morgan fingerprint density at radius 1 is 1.30 bits per heavy atom. The van der Waals surface area contributed by atoms with E-state index >= 15 is 0 Å². The Morgan fingerprint density at radius 3 is 2.67 bits per heavy atom. The van der Waals surface area contributed by atoms with E-state index in [2.05, 4.69) is 21.2 Å². The number of aliphatic hydroxyl groups is 1. The van der Waals surface area contributed by atoms with Crippen LogP contribution in [0.15, 0.2) is 24.3 Å². The predicted octanol–water partition coefficient (Wildman–Crippen LogP) is 1.72. The largest absolute Gasteiger partial charge is 0.497 e. The van der Waals surface area contributed by atoms with Crippen molar-refractivity contribution in [2.24, 2.45) is 11.8 Å². The molecule has 0 radical (unpaired) electrons. The fourth-order valence-electron chi connectivity index (χ4n) is 5.46. The average molecular weight is 525 g/mol. The van der Waals surface area contributed by atoms with Crippen molar-refractivity contribution < 1.29 is 33.7 Å². The Bertz CT molecular complexity index is 911. The van der Waals surface area contributed by atoms with Gasteiger partial charge in [0.05, 0.1) is 31.7 Å². The number of anilines is 1. The van der Waals surface area contributed by atoms with Crippen LogP contribution in [0, 0.1) is 11.8 Å². The van der Waals surface area contributed by atoms with Crippen molar-refractivity contribution in [2.75, 3.05) is 32.2 Å².